The molecule has 0 saturated heterocycles. The van der Waals surface area contributed by atoms with Gasteiger partial charge < -0.3 is 14.8 Å². The molecule has 4 rings (SSSR count). The van der Waals surface area contributed by atoms with E-state index in [-0.39, 0.29) is 12.7 Å². The van der Waals surface area contributed by atoms with Crippen LogP contribution in [0.2, 0.25) is 0 Å². The summed E-state index contributed by atoms with van der Waals surface area (Å²) in [6.07, 6.45) is 6.33. The molecule has 0 atom stereocenters. The Labute approximate surface area is 150 Å². The van der Waals surface area contributed by atoms with Crippen LogP contribution >= 0.6 is 0 Å². The van der Waals surface area contributed by atoms with Crippen LogP contribution in [-0.2, 0) is 0 Å². The first-order valence-electron chi connectivity index (χ1n) is 8.06. The van der Waals surface area contributed by atoms with Crippen molar-refractivity contribution in [2.75, 3.05) is 12.1 Å². The summed E-state index contributed by atoms with van der Waals surface area (Å²) < 4.78 is 10.8. The maximum Gasteiger partial charge on any atom is 0.258 e. The quantitative estimate of drug-likeness (QED) is 0.782. The summed E-state index contributed by atoms with van der Waals surface area (Å²) in [6.45, 7) is 4.05. The third kappa shape index (κ3) is 2.95. The predicted molar refractivity (Wildman–Crippen MR) is 95.3 cm³/mol. The number of aromatic nitrogens is 3. The molecule has 0 fully saturated rings. The van der Waals surface area contributed by atoms with E-state index >= 15 is 0 Å². The van der Waals surface area contributed by atoms with E-state index in [9.17, 15) is 4.79 Å². The Bertz CT molecular complexity index is 987. The summed E-state index contributed by atoms with van der Waals surface area (Å²) in [4.78, 5) is 25.0. The third-order valence-corrected chi connectivity index (χ3v) is 4.17. The maximum atomic E-state index is 12.3. The Hall–Kier alpha value is -3.48. The van der Waals surface area contributed by atoms with Gasteiger partial charge in [-0.15, -0.1) is 0 Å². The second-order valence-electron chi connectivity index (χ2n) is 5.95. The number of hydrogen-bond acceptors (Lipinski definition) is 6. The Morgan fingerprint density at radius 1 is 1.04 bits per heavy atom. The van der Waals surface area contributed by atoms with Gasteiger partial charge in [-0.1, -0.05) is 0 Å². The molecule has 2 aromatic heterocycles. The maximum absolute atomic E-state index is 12.3. The van der Waals surface area contributed by atoms with Crippen molar-refractivity contribution >= 4 is 11.7 Å². The van der Waals surface area contributed by atoms with Crippen LogP contribution in [0.15, 0.2) is 43.0 Å². The van der Waals surface area contributed by atoms with Crippen molar-refractivity contribution in [2.45, 2.75) is 13.8 Å². The summed E-state index contributed by atoms with van der Waals surface area (Å²) in [5.41, 5.74) is 3.95. The standard InChI is InChI=1S/C19H16N4O3/c1-11-3-4-20-7-14(11)19(24)23-18-9-21-15(8-22-18)13-6-17-16(5-12(13)2)25-10-26-17/h3-9H,10H2,1-2H3,(H,22,23,24). The second-order valence-corrected chi connectivity index (χ2v) is 5.95. The molecular weight excluding hydrogens is 332 g/mol. The summed E-state index contributed by atoms with van der Waals surface area (Å²) in [5, 5.41) is 2.74. The Morgan fingerprint density at radius 2 is 1.85 bits per heavy atom. The van der Waals surface area contributed by atoms with Crippen LogP contribution in [0.4, 0.5) is 5.82 Å². The second kappa shape index (κ2) is 6.44. The molecule has 1 amide bonds. The first-order valence-corrected chi connectivity index (χ1v) is 8.06. The first kappa shape index (κ1) is 16.0. The van der Waals surface area contributed by atoms with Gasteiger partial charge in [-0.25, -0.2) is 4.98 Å². The fourth-order valence-corrected chi connectivity index (χ4v) is 2.74. The minimum Gasteiger partial charge on any atom is -0.454 e. The van der Waals surface area contributed by atoms with E-state index in [0.29, 0.717) is 22.8 Å². The van der Waals surface area contributed by atoms with Crippen LogP contribution in [0.5, 0.6) is 11.5 Å². The number of ether oxygens (including phenoxy) is 2. The SMILES string of the molecule is Cc1ccncc1C(=O)Nc1cnc(-c2cc3c(cc2C)OCO3)cn1. The molecule has 26 heavy (non-hydrogen) atoms. The van der Waals surface area contributed by atoms with E-state index in [2.05, 4.69) is 20.3 Å². The minimum atomic E-state index is -0.267. The molecule has 3 heterocycles. The average molecular weight is 348 g/mol. The molecule has 0 radical (unpaired) electrons. The van der Waals surface area contributed by atoms with E-state index in [1.807, 2.05) is 26.0 Å². The lowest BCUT2D eigenvalue weighted by atomic mass is 10.1. The van der Waals surface area contributed by atoms with Crippen molar-refractivity contribution in [3.05, 3.63) is 59.7 Å². The number of nitrogens with zero attached hydrogens (tertiary/aromatic N) is 3. The van der Waals surface area contributed by atoms with Gasteiger partial charge in [0, 0.05) is 18.0 Å². The number of carbonyl (C=O) groups excluding carboxylic acids is 1. The van der Waals surface area contributed by atoms with E-state index in [0.717, 1.165) is 22.4 Å². The number of rotatable bonds is 3. The smallest absolute Gasteiger partial charge is 0.258 e. The summed E-state index contributed by atoms with van der Waals surface area (Å²) in [7, 11) is 0. The number of anilines is 1. The third-order valence-electron chi connectivity index (χ3n) is 4.17. The molecule has 0 spiro atoms. The van der Waals surface area contributed by atoms with Crippen LogP contribution in [0, 0.1) is 13.8 Å². The van der Waals surface area contributed by atoms with E-state index < -0.39 is 0 Å². The fraction of sp³-hybridized carbons (Fsp3) is 0.158. The van der Waals surface area contributed by atoms with Gasteiger partial charge in [-0.2, -0.15) is 0 Å². The van der Waals surface area contributed by atoms with Gasteiger partial charge in [-0.3, -0.25) is 14.8 Å². The molecule has 130 valence electrons. The Kier molecular flexibility index (Phi) is 3.96. The minimum absolute atomic E-state index is 0.225. The number of aryl methyl sites for hydroxylation is 2. The zero-order valence-electron chi connectivity index (χ0n) is 14.3. The highest BCUT2D eigenvalue weighted by Gasteiger charge is 2.17. The number of benzene rings is 1. The molecule has 1 aromatic carbocycles. The van der Waals surface area contributed by atoms with Crippen LogP contribution in [0.25, 0.3) is 11.3 Å². The van der Waals surface area contributed by atoms with Crippen LogP contribution in [-0.4, -0.2) is 27.7 Å². The highest BCUT2D eigenvalue weighted by atomic mass is 16.7. The summed E-state index contributed by atoms with van der Waals surface area (Å²) >= 11 is 0. The highest BCUT2D eigenvalue weighted by Crippen LogP contribution is 2.37. The van der Waals surface area contributed by atoms with E-state index in [1.54, 1.807) is 18.5 Å². The topological polar surface area (TPSA) is 86.2 Å². The molecule has 0 saturated carbocycles. The Morgan fingerprint density at radius 3 is 2.58 bits per heavy atom. The van der Waals surface area contributed by atoms with Crippen LogP contribution in [0.3, 0.4) is 0 Å². The number of fused-ring (bicyclic) bond motifs is 1. The van der Waals surface area contributed by atoms with Crippen molar-refractivity contribution in [3.63, 3.8) is 0 Å². The summed E-state index contributed by atoms with van der Waals surface area (Å²) in [6, 6.07) is 5.59. The van der Waals surface area contributed by atoms with Gasteiger partial charge in [0.1, 0.15) is 0 Å². The number of hydrogen-bond donors (Lipinski definition) is 1. The van der Waals surface area contributed by atoms with Crippen molar-refractivity contribution < 1.29 is 14.3 Å². The summed E-state index contributed by atoms with van der Waals surface area (Å²) in [5.74, 6) is 1.53. The molecular formula is C19H16N4O3. The zero-order valence-corrected chi connectivity index (χ0v) is 14.3. The van der Waals surface area contributed by atoms with Crippen molar-refractivity contribution in [3.8, 4) is 22.8 Å². The van der Waals surface area contributed by atoms with Gasteiger partial charge in [-0.05, 0) is 43.2 Å². The number of nitrogens with one attached hydrogen (secondary N) is 1. The Balaban J connectivity index is 1.56. The predicted octanol–water partition coefficient (Wildman–Crippen LogP) is 3.14. The zero-order chi connectivity index (χ0) is 18.1. The normalized spacial score (nSPS) is 12.1. The average Bonchev–Trinajstić information content (AvgIpc) is 3.09. The lowest BCUT2D eigenvalue weighted by Crippen LogP contribution is -2.14. The number of amides is 1. The highest BCUT2D eigenvalue weighted by molar-refractivity contribution is 6.04. The molecule has 0 unspecified atom stereocenters. The number of carbonyl (C=O) groups is 1. The van der Waals surface area contributed by atoms with E-state index in [1.165, 1.54) is 12.4 Å². The van der Waals surface area contributed by atoms with Gasteiger partial charge in [0.2, 0.25) is 6.79 Å². The molecule has 0 aliphatic carbocycles. The van der Waals surface area contributed by atoms with Crippen molar-refractivity contribution in [2.24, 2.45) is 0 Å². The van der Waals surface area contributed by atoms with Crippen LogP contribution < -0.4 is 14.8 Å². The largest absolute Gasteiger partial charge is 0.454 e. The van der Waals surface area contributed by atoms with Crippen LogP contribution in [0.1, 0.15) is 21.5 Å². The molecule has 1 aliphatic rings. The first-order chi connectivity index (χ1) is 12.6. The van der Waals surface area contributed by atoms with Gasteiger partial charge >= 0.3 is 0 Å². The van der Waals surface area contributed by atoms with Crippen molar-refractivity contribution in [1.82, 2.24) is 15.0 Å². The van der Waals surface area contributed by atoms with Gasteiger partial charge in [0.05, 0.1) is 23.7 Å². The van der Waals surface area contributed by atoms with Gasteiger partial charge in [0.25, 0.3) is 5.91 Å². The lowest BCUT2D eigenvalue weighted by molar-refractivity contribution is 0.102. The molecule has 1 aliphatic heterocycles. The fourth-order valence-electron chi connectivity index (χ4n) is 2.74. The molecule has 0 bridgehead atoms. The monoisotopic (exact) mass is 348 g/mol. The van der Waals surface area contributed by atoms with Gasteiger partial charge in [0.15, 0.2) is 17.3 Å². The number of pyridine rings is 1. The molecule has 7 nitrogen and oxygen atoms in total. The molecule has 3 aromatic rings. The van der Waals surface area contributed by atoms with E-state index in [4.69, 9.17) is 9.47 Å². The molecule has 7 heteroatoms. The molecule has 1 N–H and O–H groups in total. The van der Waals surface area contributed by atoms with Crippen molar-refractivity contribution in [1.29, 1.82) is 0 Å². The lowest BCUT2D eigenvalue weighted by Gasteiger charge is -2.09.